The number of nitrogens with one attached hydrogen (secondary N) is 1. The molecule has 1 aliphatic rings. The zero-order valence-electron chi connectivity index (χ0n) is 12.6. The van der Waals surface area contributed by atoms with Crippen LogP contribution in [0.15, 0.2) is 47.2 Å². The van der Waals surface area contributed by atoms with Crippen LogP contribution in [0.3, 0.4) is 0 Å². The highest BCUT2D eigenvalue weighted by atomic mass is 16.5. The molecular weight excluding hydrogens is 290 g/mol. The number of hydrogen-bond acceptors (Lipinski definition) is 6. The fourth-order valence-corrected chi connectivity index (χ4v) is 2.45. The lowest BCUT2D eigenvalue weighted by molar-refractivity contribution is 0.380. The van der Waals surface area contributed by atoms with Crippen LogP contribution in [-0.2, 0) is 13.0 Å². The predicted molar refractivity (Wildman–Crippen MR) is 84.9 cm³/mol. The summed E-state index contributed by atoms with van der Waals surface area (Å²) in [4.78, 5) is 12.9. The van der Waals surface area contributed by atoms with Crippen molar-refractivity contribution in [2.75, 3.05) is 5.32 Å². The third kappa shape index (κ3) is 3.53. The smallest absolute Gasteiger partial charge is 0.231 e. The molecule has 0 unspecified atom stereocenters. The van der Waals surface area contributed by atoms with E-state index in [1.165, 1.54) is 12.8 Å². The Morgan fingerprint density at radius 1 is 1.13 bits per heavy atom. The van der Waals surface area contributed by atoms with Crippen LogP contribution in [0.25, 0.3) is 0 Å². The zero-order valence-corrected chi connectivity index (χ0v) is 12.6. The Morgan fingerprint density at radius 2 is 2.00 bits per heavy atom. The molecule has 0 saturated heterocycles. The van der Waals surface area contributed by atoms with E-state index >= 15 is 0 Å². The second kappa shape index (κ2) is 6.16. The number of hydrogen-bond donors (Lipinski definition) is 1. The summed E-state index contributed by atoms with van der Waals surface area (Å²) in [6.45, 7) is 0.486. The van der Waals surface area contributed by atoms with Crippen LogP contribution in [0.5, 0.6) is 0 Å². The van der Waals surface area contributed by atoms with Gasteiger partial charge in [0.15, 0.2) is 5.82 Å². The molecule has 2 aromatic heterocycles. The largest absolute Gasteiger partial charge is 0.363 e. The van der Waals surface area contributed by atoms with Gasteiger partial charge in [-0.25, -0.2) is 9.97 Å². The van der Waals surface area contributed by atoms with Crippen molar-refractivity contribution in [3.05, 3.63) is 65.7 Å². The average molecular weight is 307 g/mol. The van der Waals surface area contributed by atoms with E-state index in [4.69, 9.17) is 4.52 Å². The van der Waals surface area contributed by atoms with Crippen molar-refractivity contribution < 1.29 is 4.52 Å². The number of benzene rings is 1. The second-order valence-electron chi connectivity index (χ2n) is 5.72. The first kappa shape index (κ1) is 13.9. The van der Waals surface area contributed by atoms with Gasteiger partial charge in [0.05, 0.1) is 13.0 Å². The summed E-state index contributed by atoms with van der Waals surface area (Å²) in [5.74, 6) is 2.66. The molecular formula is C17H17N5O. The van der Waals surface area contributed by atoms with E-state index in [0.717, 1.165) is 17.1 Å². The molecule has 4 rings (SSSR count). The summed E-state index contributed by atoms with van der Waals surface area (Å²) < 4.78 is 5.30. The summed E-state index contributed by atoms with van der Waals surface area (Å²) in [5.41, 5.74) is 2.26. The molecule has 2 heterocycles. The van der Waals surface area contributed by atoms with E-state index < -0.39 is 0 Å². The van der Waals surface area contributed by atoms with Crippen molar-refractivity contribution in [2.45, 2.75) is 31.7 Å². The average Bonchev–Trinajstić information content (AvgIpc) is 3.35. The summed E-state index contributed by atoms with van der Waals surface area (Å²) >= 11 is 0. The maximum atomic E-state index is 5.30. The Hall–Kier alpha value is -2.76. The van der Waals surface area contributed by atoms with Gasteiger partial charge in [0.1, 0.15) is 12.1 Å². The molecule has 3 aromatic rings. The lowest BCUT2D eigenvalue weighted by Crippen LogP contribution is -2.04. The predicted octanol–water partition coefficient (Wildman–Crippen LogP) is 2.94. The Bertz CT molecular complexity index is 782. The fraction of sp³-hybridized carbons (Fsp3) is 0.294. The van der Waals surface area contributed by atoms with E-state index in [0.29, 0.717) is 30.6 Å². The van der Waals surface area contributed by atoms with Gasteiger partial charge in [-0.15, -0.1) is 0 Å². The van der Waals surface area contributed by atoms with Crippen molar-refractivity contribution in [2.24, 2.45) is 0 Å². The Balaban J connectivity index is 1.37. The summed E-state index contributed by atoms with van der Waals surface area (Å²) in [5, 5.41) is 7.23. The lowest BCUT2D eigenvalue weighted by Gasteiger charge is -2.03. The third-order valence-electron chi connectivity index (χ3n) is 3.82. The van der Waals surface area contributed by atoms with Gasteiger partial charge in [-0.2, -0.15) is 4.98 Å². The van der Waals surface area contributed by atoms with Crippen LogP contribution in [0.1, 0.15) is 41.7 Å². The highest BCUT2D eigenvalue weighted by Gasteiger charge is 2.25. The van der Waals surface area contributed by atoms with E-state index in [2.05, 4.69) is 25.4 Å². The van der Waals surface area contributed by atoms with Gasteiger partial charge in [-0.3, -0.25) is 0 Å². The Kier molecular flexibility index (Phi) is 3.71. The van der Waals surface area contributed by atoms with Crippen LogP contribution in [0.4, 0.5) is 5.82 Å². The van der Waals surface area contributed by atoms with Gasteiger partial charge >= 0.3 is 0 Å². The molecule has 6 heteroatoms. The highest BCUT2D eigenvalue weighted by molar-refractivity contribution is 5.36. The minimum absolute atomic E-state index is 0.486. The van der Waals surface area contributed by atoms with Crippen LogP contribution >= 0.6 is 0 Å². The molecule has 1 fully saturated rings. The summed E-state index contributed by atoms with van der Waals surface area (Å²) in [6, 6.07) is 12.1. The maximum Gasteiger partial charge on any atom is 0.231 e. The quantitative estimate of drug-likeness (QED) is 0.754. The van der Waals surface area contributed by atoms with Gasteiger partial charge in [0.2, 0.25) is 5.89 Å². The summed E-state index contributed by atoms with van der Waals surface area (Å²) in [7, 11) is 0. The zero-order chi connectivity index (χ0) is 15.5. The first-order chi connectivity index (χ1) is 11.4. The van der Waals surface area contributed by atoms with Crippen molar-refractivity contribution in [1.82, 2.24) is 20.1 Å². The molecule has 1 aliphatic carbocycles. The minimum atomic E-state index is 0.486. The Labute approximate surface area is 134 Å². The number of anilines is 1. The molecule has 23 heavy (non-hydrogen) atoms. The number of aromatic nitrogens is 4. The SMILES string of the molecule is c1ccc(Cc2nc(CNc3cc(C4CC4)ncn3)no2)cc1. The van der Waals surface area contributed by atoms with E-state index in [-0.39, 0.29) is 0 Å². The molecule has 0 amide bonds. The monoisotopic (exact) mass is 307 g/mol. The highest BCUT2D eigenvalue weighted by Crippen LogP contribution is 2.39. The molecule has 0 aliphatic heterocycles. The van der Waals surface area contributed by atoms with Crippen LogP contribution in [0.2, 0.25) is 0 Å². The van der Waals surface area contributed by atoms with Crippen molar-refractivity contribution >= 4 is 5.82 Å². The minimum Gasteiger partial charge on any atom is -0.363 e. The van der Waals surface area contributed by atoms with Gasteiger partial charge in [-0.1, -0.05) is 35.5 Å². The lowest BCUT2D eigenvalue weighted by atomic mass is 10.1. The normalized spacial score (nSPS) is 13.9. The number of nitrogens with zero attached hydrogens (tertiary/aromatic N) is 4. The molecule has 0 bridgehead atoms. The molecule has 1 saturated carbocycles. The van der Waals surface area contributed by atoms with Gasteiger partial charge in [0.25, 0.3) is 0 Å². The van der Waals surface area contributed by atoms with E-state index in [9.17, 15) is 0 Å². The topological polar surface area (TPSA) is 76.7 Å². The van der Waals surface area contributed by atoms with E-state index in [1.807, 2.05) is 36.4 Å². The summed E-state index contributed by atoms with van der Waals surface area (Å²) in [6.07, 6.45) is 4.70. The van der Waals surface area contributed by atoms with Crippen LogP contribution in [-0.4, -0.2) is 20.1 Å². The van der Waals surface area contributed by atoms with Gasteiger partial charge in [-0.05, 0) is 18.4 Å². The maximum absolute atomic E-state index is 5.30. The van der Waals surface area contributed by atoms with Crippen molar-refractivity contribution in [3.8, 4) is 0 Å². The fourth-order valence-electron chi connectivity index (χ4n) is 2.45. The molecule has 116 valence electrons. The molecule has 0 spiro atoms. The van der Waals surface area contributed by atoms with Crippen LogP contribution < -0.4 is 5.32 Å². The van der Waals surface area contributed by atoms with Crippen molar-refractivity contribution in [1.29, 1.82) is 0 Å². The van der Waals surface area contributed by atoms with Crippen LogP contribution in [0, 0.1) is 0 Å². The molecule has 0 atom stereocenters. The Morgan fingerprint density at radius 3 is 2.83 bits per heavy atom. The van der Waals surface area contributed by atoms with Gasteiger partial charge in [0, 0.05) is 17.7 Å². The van der Waals surface area contributed by atoms with Crippen molar-refractivity contribution in [3.63, 3.8) is 0 Å². The molecule has 0 radical (unpaired) electrons. The molecule has 1 aromatic carbocycles. The second-order valence-corrected chi connectivity index (χ2v) is 5.72. The molecule has 6 nitrogen and oxygen atoms in total. The standard InChI is InChI=1S/C17H17N5O/c1-2-4-12(5-3-1)8-17-21-16(22-23-17)10-18-15-9-14(13-6-7-13)19-11-20-15/h1-5,9,11,13H,6-8,10H2,(H,18,19,20). The molecule has 1 N–H and O–H groups in total. The third-order valence-corrected chi connectivity index (χ3v) is 3.82. The number of rotatable bonds is 6. The first-order valence-electron chi connectivity index (χ1n) is 7.78. The van der Waals surface area contributed by atoms with E-state index in [1.54, 1.807) is 6.33 Å². The van der Waals surface area contributed by atoms with Gasteiger partial charge < -0.3 is 9.84 Å². The first-order valence-corrected chi connectivity index (χ1v) is 7.78.